The van der Waals surface area contributed by atoms with Crippen LogP contribution in [0.2, 0.25) is 0 Å². The molecule has 9 heteroatoms. The highest BCUT2D eigenvalue weighted by atomic mass is 32.2. The number of halogens is 1. The quantitative estimate of drug-likeness (QED) is 0.659. The summed E-state index contributed by atoms with van der Waals surface area (Å²) in [4.78, 5) is 30.1. The molecule has 2 fully saturated rings. The third-order valence-electron chi connectivity index (χ3n) is 4.76. The van der Waals surface area contributed by atoms with E-state index in [1.807, 2.05) is 4.57 Å². The van der Waals surface area contributed by atoms with Gasteiger partial charge in [-0.3, -0.25) is 14.0 Å². The SMILES string of the molecule is O=c1[nH]sc2c1c(=O)c1cc(F)c([S+]3CCNCC3)nc1n2C1CC1. The van der Waals surface area contributed by atoms with Gasteiger partial charge in [-0.1, -0.05) is 0 Å². The molecule has 130 valence electrons. The Morgan fingerprint density at radius 1 is 1.28 bits per heavy atom. The molecule has 5 rings (SSSR count). The molecule has 0 bridgehead atoms. The molecule has 4 heterocycles. The van der Waals surface area contributed by atoms with E-state index >= 15 is 0 Å². The fraction of sp³-hybridized carbons (Fsp3) is 0.438. The number of H-pyrrole nitrogens is 1. The van der Waals surface area contributed by atoms with Crippen molar-refractivity contribution in [3.63, 3.8) is 0 Å². The molecular weight excluding hydrogens is 363 g/mol. The Morgan fingerprint density at radius 2 is 2.04 bits per heavy atom. The lowest BCUT2D eigenvalue weighted by Gasteiger charge is -2.16. The van der Waals surface area contributed by atoms with Gasteiger partial charge in [0.15, 0.2) is 11.5 Å². The number of nitrogens with one attached hydrogen (secondary N) is 2. The average molecular weight is 379 g/mol. The molecule has 25 heavy (non-hydrogen) atoms. The summed E-state index contributed by atoms with van der Waals surface area (Å²) >= 11 is 1.17. The van der Waals surface area contributed by atoms with Gasteiger partial charge in [0.2, 0.25) is 5.43 Å². The summed E-state index contributed by atoms with van der Waals surface area (Å²) in [7, 11) is -0.242. The van der Waals surface area contributed by atoms with E-state index in [0.29, 0.717) is 15.5 Å². The van der Waals surface area contributed by atoms with Gasteiger partial charge in [-0.05, 0) is 30.4 Å². The first-order valence-corrected chi connectivity index (χ1v) is 10.7. The Morgan fingerprint density at radius 3 is 2.76 bits per heavy atom. The summed E-state index contributed by atoms with van der Waals surface area (Å²) in [5, 5.41) is 4.10. The summed E-state index contributed by atoms with van der Waals surface area (Å²) in [6, 6.07) is 1.53. The highest BCUT2D eigenvalue weighted by Gasteiger charge is 2.34. The van der Waals surface area contributed by atoms with Crippen LogP contribution in [0.5, 0.6) is 0 Å². The molecule has 3 aromatic rings. The van der Waals surface area contributed by atoms with Crippen LogP contribution in [0, 0.1) is 5.82 Å². The number of nitrogens with zero attached hydrogens (tertiary/aromatic N) is 2. The Kier molecular flexibility index (Phi) is 3.51. The maximum absolute atomic E-state index is 14.8. The Balaban J connectivity index is 1.86. The van der Waals surface area contributed by atoms with Gasteiger partial charge >= 0.3 is 0 Å². The fourth-order valence-electron chi connectivity index (χ4n) is 3.39. The first kappa shape index (κ1) is 15.5. The number of pyridine rings is 2. The second kappa shape index (κ2) is 5.65. The smallest absolute Gasteiger partial charge is 0.284 e. The number of hydrogen-bond acceptors (Lipinski definition) is 5. The van der Waals surface area contributed by atoms with E-state index in [4.69, 9.17) is 0 Å². The normalized spacial score (nSPS) is 19.1. The van der Waals surface area contributed by atoms with E-state index in [9.17, 15) is 14.0 Å². The molecule has 0 radical (unpaired) electrons. The first-order valence-electron chi connectivity index (χ1n) is 8.29. The van der Waals surface area contributed by atoms with E-state index < -0.39 is 16.8 Å². The Hall–Kier alpha value is -1.71. The number of aromatic nitrogens is 3. The summed E-state index contributed by atoms with van der Waals surface area (Å²) in [5.41, 5.74) is -0.292. The summed E-state index contributed by atoms with van der Waals surface area (Å²) < 4.78 is 19.4. The minimum Gasteiger partial charge on any atom is -0.312 e. The molecular formula is C16H16FN4O2S2+. The second-order valence-electron chi connectivity index (χ2n) is 6.44. The zero-order valence-electron chi connectivity index (χ0n) is 13.3. The molecule has 3 aromatic heterocycles. The zero-order valence-corrected chi connectivity index (χ0v) is 14.9. The van der Waals surface area contributed by atoms with Gasteiger partial charge in [0.05, 0.1) is 5.39 Å². The molecule has 0 spiro atoms. The molecule has 0 atom stereocenters. The molecule has 6 nitrogen and oxygen atoms in total. The molecule has 1 aliphatic heterocycles. The Labute approximate surface area is 148 Å². The predicted octanol–water partition coefficient (Wildman–Crippen LogP) is 1.35. The van der Waals surface area contributed by atoms with Crippen molar-refractivity contribution in [3.05, 3.63) is 32.5 Å². The summed E-state index contributed by atoms with van der Waals surface area (Å²) in [6.45, 7) is 1.71. The number of aromatic amines is 1. The molecule has 0 aromatic carbocycles. The van der Waals surface area contributed by atoms with Crippen molar-refractivity contribution in [1.82, 2.24) is 19.2 Å². The zero-order chi connectivity index (χ0) is 17.1. The van der Waals surface area contributed by atoms with Crippen molar-refractivity contribution in [2.24, 2.45) is 0 Å². The lowest BCUT2D eigenvalue weighted by atomic mass is 10.2. The molecule has 0 unspecified atom stereocenters. The maximum atomic E-state index is 14.8. The molecule has 1 saturated heterocycles. The number of hydrogen-bond donors (Lipinski definition) is 2. The predicted molar refractivity (Wildman–Crippen MR) is 98.5 cm³/mol. The van der Waals surface area contributed by atoms with Crippen molar-refractivity contribution in [2.45, 2.75) is 23.9 Å². The average Bonchev–Trinajstić information content (AvgIpc) is 3.38. The van der Waals surface area contributed by atoms with Crippen LogP contribution in [0.15, 0.2) is 20.7 Å². The van der Waals surface area contributed by atoms with E-state index in [0.717, 1.165) is 37.4 Å². The highest BCUT2D eigenvalue weighted by molar-refractivity contribution is 7.96. The molecule has 1 aliphatic carbocycles. The first-order chi connectivity index (χ1) is 12.1. The number of fused-ring (bicyclic) bond motifs is 2. The third kappa shape index (κ3) is 2.37. The third-order valence-corrected chi connectivity index (χ3v) is 7.87. The fourth-order valence-corrected chi connectivity index (χ4v) is 6.23. The van der Waals surface area contributed by atoms with Gasteiger partial charge in [0, 0.05) is 30.0 Å². The van der Waals surface area contributed by atoms with Crippen LogP contribution < -0.4 is 16.3 Å². The van der Waals surface area contributed by atoms with Gasteiger partial charge in [-0.15, -0.1) is 0 Å². The van der Waals surface area contributed by atoms with E-state index in [2.05, 4.69) is 14.7 Å². The largest absolute Gasteiger partial charge is 0.312 e. The van der Waals surface area contributed by atoms with Gasteiger partial charge < -0.3 is 9.88 Å². The minimum atomic E-state index is -0.428. The molecule has 1 saturated carbocycles. The van der Waals surface area contributed by atoms with E-state index in [1.165, 1.54) is 17.6 Å². The van der Waals surface area contributed by atoms with Crippen LogP contribution in [0.25, 0.3) is 21.3 Å². The van der Waals surface area contributed by atoms with Gasteiger partial charge in [-0.25, -0.2) is 0 Å². The molecule has 2 aliphatic rings. The van der Waals surface area contributed by atoms with Crippen molar-refractivity contribution in [2.75, 3.05) is 24.6 Å². The van der Waals surface area contributed by atoms with Crippen LogP contribution in [-0.4, -0.2) is 38.5 Å². The lowest BCUT2D eigenvalue weighted by Crippen LogP contribution is -2.37. The monoisotopic (exact) mass is 379 g/mol. The van der Waals surface area contributed by atoms with Crippen molar-refractivity contribution < 1.29 is 4.39 Å². The second-order valence-corrected chi connectivity index (χ2v) is 9.43. The number of rotatable bonds is 2. The molecule has 0 amide bonds. The van der Waals surface area contributed by atoms with E-state index in [1.54, 1.807) is 0 Å². The Bertz CT molecular complexity index is 1110. The topological polar surface area (TPSA) is 79.8 Å². The van der Waals surface area contributed by atoms with Crippen LogP contribution in [-0.2, 0) is 10.9 Å². The summed E-state index contributed by atoms with van der Waals surface area (Å²) in [5.74, 6) is 1.30. The highest BCUT2D eigenvalue weighted by Crippen LogP contribution is 2.39. The van der Waals surface area contributed by atoms with Crippen molar-refractivity contribution in [1.29, 1.82) is 0 Å². The van der Waals surface area contributed by atoms with Crippen LogP contribution in [0.1, 0.15) is 18.9 Å². The maximum Gasteiger partial charge on any atom is 0.284 e. The summed E-state index contributed by atoms with van der Waals surface area (Å²) in [6.07, 6.45) is 1.98. The molecule has 2 N–H and O–H groups in total. The van der Waals surface area contributed by atoms with Gasteiger partial charge in [0.1, 0.15) is 21.7 Å². The van der Waals surface area contributed by atoms with Gasteiger partial charge in [-0.2, -0.15) is 9.37 Å². The van der Waals surface area contributed by atoms with Crippen LogP contribution >= 0.6 is 11.5 Å². The van der Waals surface area contributed by atoms with Crippen molar-refractivity contribution in [3.8, 4) is 0 Å². The van der Waals surface area contributed by atoms with Crippen LogP contribution in [0.3, 0.4) is 0 Å². The minimum absolute atomic E-state index is 0.127. The van der Waals surface area contributed by atoms with Crippen molar-refractivity contribution >= 4 is 43.7 Å². The van der Waals surface area contributed by atoms with E-state index in [-0.39, 0.29) is 27.7 Å². The van der Waals surface area contributed by atoms with Crippen LogP contribution in [0.4, 0.5) is 4.39 Å². The lowest BCUT2D eigenvalue weighted by molar-refractivity contribution is 0.587. The standard InChI is InChI=1S/C16H15FN4O2S2/c17-10-7-9-12(22)11-14(23)20-24-16(11)21(8-1-2-8)13(9)19-15(10)25-5-3-18-4-6-25/h7-8,18H,1-6H2/p+1. The van der Waals surface area contributed by atoms with Gasteiger partial charge in [0.25, 0.3) is 10.6 Å².